The maximum atomic E-state index is 14.3. The SMILES string of the molecule is C=C[C@@H]1C[C@]1(NC(=O)[C@@H]1C[C@@H](OC(=O)c2ccc(-c3ccccc3)cc2)CN1C(=O)C(NC(=O)OC(C)(C)C)C(C)(C)C)C(=O)NS(=O)(=O)C1CC1. The molecule has 2 saturated carbocycles. The molecule has 2 aromatic rings. The normalized spacial score (nSPS) is 23.5. The first-order chi connectivity index (χ1) is 24.2. The van der Waals surface area contributed by atoms with Crippen molar-refractivity contribution in [2.24, 2.45) is 11.3 Å². The van der Waals surface area contributed by atoms with Gasteiger partial charge < -0.3 is 25.0 Å². The highest BCUT2D eigenvalue weighted by molar-refractivity contribution is 7.91. The van der Waals surface area contributed by atoms with Crippen LogP contribution in [-0.4, -0.2) is 84.2 Å². The summed E-state index contributed by atoms with van der Waals surface area (Å²) in [7, 11) is -3.92. The minimum absolute atomic E-state index is 0.108. The number of sulfonamides is 1. The number of nitrogens with one attached hydrogen (secondary N) is 3. The van der Waals surface area contributed by atoms with E-state index in [9.17, 15) is 32.4 Å². The Hall–Kier alpha value is -4.72. The van der Waals surface area contributed by atoms with Crippen molar-refractivity contribution in [1.29, 1.82) is 0 Å². The lowest BCUT2D eigenvalue weighted by atomic mass is 9.85. The first-order valence-corrected chi connectivity index (χ1v) is 19.0. The zero-order valence-corrected chi connectivity index (χ0v) is 31.2. The van der Waals surface area contributed by atoms with Gasteiger partial charge in [-0.3, -0.25) is 19.1 Å². The molecule has 280 valence electrons. The van der Waals surface area contributed by atoms with Crippen LogP contribution in [0.15, 0.2) is 67.3 Å². The van der Waals surface area contributed by atoms with Crippen molar-refractivity contribution >= 4 is 39.8 Å². The molecule has 5 atom stereocenters. The minimum Gasteiger partial charge on any atom is -0.457 e. The van der Waals surface area contributed by atoms with Gasteiger partial charge in [0.25, 0.3) is 5.91 Å². The molecule has 14 heteroatoms. The molecule has 3 N–H and O–H groups in total. The van der Waals surface area contributed by atoms with Gasteiger partial charge in [-0.15, -0.1) is 6.58 Å². The summed E-state index contributed by atoms with van der Waals surface area (Å²) in [6, 6.07) is 14.1. The number of benzene rings is 2. The second kappa shape index (κ2) is 14.4. The van der Waals surface area contributed by atoms with Crippen molar-refractivity contribution in [2.75, 3.05) is 6.54 Å². The summed E-state index contributed by atoms with van der Waals surface area (Å²) in [6.07, 6.45) is 0.572. The molecule has 1 aliphatic heterocycles. The second-order valence-electron chi connectivity index (χ2n) is 15.8. The van der Waals surface area contributed by atoms with E-state index in [1.54, 1.807) is 65.8 Å². The molecule has 1 saturated heterocycles. The number of esters is 1. The van der Waals surface area contributed by atoms with Gasteiger partial charge >= 0.3 is 12.1 Å². The summed E-state index contributed by atoms with van der Waals surface area (Å²) in [5, 5.41) is 4.71. The lowest BCUT2D eigenvalue weighted by Crippen LogP contribution is -2.60. The second-order valence-corrected chi connectivity index (χ2v) is 17.8. The average molecular weight is 737 g/mol. The van der Waals surface area contributed by atoms with Crippen LogP contribution in [0.25, 0.3) is 11.1 Å². The molecule has 2 aliphatic carbocycles. The van der Waals surface area contributed by atoms with Crippen molar-refractivity contribution in [3.63, 3.8) is 0 Å². The number of carbonyl (C=O) groups is 5. The molecule has 0 radical (unpaired) electrons. The quantitative estimate of drug-likeness (QED) is 0.227. The number of nitrogens with zero attached hydrogens (tertiary/aromatic N) is 1. The summed E-state index contributed by atoms with van der Waals surface area (Å²) in [6.45, 7) is 13.8. The first kappa shape index (κ1) is 38.5. The molecule has 1 unspecified atom stereocenters. The van der Waals surface area contributed by atoms with Gasteiger partial charge in [-0.05, 0) is 68.7 Å². The minimum atomic E-state index is -3.92. The summed E-state index contributed by atoms with van der Waals surface area (Å²) >= 11 is 0. The van der Waals surface area contributed by atoms with E-state index in [-0.39, 0.29) is 24.9 Å². The fourth-order valence-electron chi connectivity index (χ4n) is 6.28. The van der Waals surface area contributed by atoms with E-state index < -0.39 is 85.7 Å². The summed E-state index contributed by atoms with van der Waals surface area (Å²) in [4.78, 5) is 69.3. The van der Waals surface area contributed by atoms with Gasteiger partial charge in [-0.25, -0.2) is 18.0 Å². The number of hydrogen-bond acceptors (Lipinski definition) is 9. The Bertz CT molecular complexity index is 1830. The molecular weight excluding hydrogens is 689 g/mol. The fraction of sp³-hybridized carbons (Fsp3) is 0.500. The van der Waals surface area contributed by atoms with E-state index in [4.69, 9.17) is 9.47 Å². The Morgan fingerprint density at radius 1 is 0.942 bits per heavy atom. The Morgan fingerprint density at radius 3 is 2.10 bits per heavy atom. The van der Waals surface area contributed by atoms with E-state index in [2.05, 4.69) is 21.9 Å². The predicted molar refractivity (Wildman–Crippen MR) is 193 cm³/mol. The van der Waals surface area contributed by atoms with Crippen molar-refractivity contribution in [2.45, 2.75) is 102 Å². The zero-order valence-electron chi connectivity index (χ0n) is 30.4. The standard InChI is InChI=1S/C38H48N4O9S/c1-8-26-21-38(26,34(46)41-52(48,49)28-18-19-28)40-31(43)29-20-27(50-33(45)25-16-14-24(15-17-25)23-12-10-9-11-13-23)22-42(29)32(44)30(36(2,3)4)39-35(47)51-37(5,6)7/h8-17,26-30H,1,18-22H2,2-7H3,(H,39,47)(H,40,43)(H,41,46)/t26-,27-,29+,30?,38-/m1/s1. The molecule has 4 amide bonds. The van der Waals surface area contributed by atoms with Crippen LogP contribution >= 0.6 is 0 Å². The van der Waals surface area contributed by atoms with E-state index in [1.807, 2.05) is 30.3 Å². The lowest BCUT2D eigenvalue weighted by molar-refractivity contribution is -0.143. The summed E-state index contributed by atoms with van der Waals surface area (Å²) < 4.78 is 38.7. The third-order valence-electron chi connectivity index (χ3n) is 9.37. The number of hydrogen-bond donors (Lipinski definition) is 3. The van der Waals surface area contributed by atoms with E-state index in [0.29, 0.717) is 12.8 Å². The first-order valence-electron chi connectivity index (χ1n) is 17.4. The average Bonchev–Trinajstić information content (AvgIpc) is 3.99. The van der Waals surface area contributed by atoms with Crippen LogP contribution in [-0.2, 0) is 33.9 Å². The van der Waals surface area contributed by atoms with Crippen molar-refractivity contribution in [3.05, 3.63) is 72.8 Å². The van der Waals surface area contributed by atoms with Crippen molar-refractivity contribution in [1.82, 2.24) is 20.3 Å². The molecule has 52 heavy (non-hydrogen) atoms. The van der Waals surface area contributed by atoms with Gasteiger partial charge in [-0.2, -0.15) is 0 Å². The Morgan fingerprint density at radius 2 is 1.56 bits per heavy atom. The van der Waals surface area contributed by atoms with Crippen molar-refractivity contribution < 1.29 is 41.9 Å². The maximum absolute atomic E-state index is 14.3. The largest absolute Gasteiger partial charge is 0.457 e. The molecule has 0 bridgehead atoms. The van der Waals surface area contributed by atoms with Gasteiger partial charge in [0.05, 0.1) is 17.4 Å². The van der Waals surface area contributed by atoms with Gasteiger partial charge in [0.2, 0.25) is 21.8 Å². The predicted octanol–water partition coefficient (Wildman–Crippen LogP) is 4.09. The van der Waals surface area contributed by atoms with Crippen LogP contribution in [0.1, 0.15) is 77.6 Å². The van der Waals surface area contributed by atoms with Crippen LogP contribution in [0.5, 0.6) is 0 Å². The molecule has 0 spiro atoms. The number of likely N-dealkylation sites (tertiary alicyclic amines) is 1. The van der Waals surface area contributed by atoms with E-state index in [0.717, 1.165) is 11.1 Å². The van der Waals surface area contributed by atoms with Gasteiger partial charge in [-0.1, -0.05) is 69.3 Å². The molecule has 2 aromatic carbocycles. The molecule has 0 aromatic heterocycles. The van der Waals surface area contributed by atoms with Crippen LogP contribution in [0.3, 0.4) is 0 Å². The van der Waals surface area contributed by atoms with E-state index >= 15 is 0 Å². The van der Waals surface area contributed by atoms with Gasteiger partial charge in [0.1, 0.15) is 29.3 Å². The van der Waals surface area contributed by atoms with Crippen LogP contribution in [0.4, 0.5) is 4.79 Å². The monoisotopic (exact) mass is 736 g/mol. The van der Waals surface area contributed by atoms with Crippen molar-refractivity contribution in [3.8, 4) is 11.1 Å². The van der Waals surface area contributed by atoms with Gasteiger partial charge in [0, 0.05) is 12.3 Å². The van der Waals surface area contributed by atoms with Crippen LogP contribution in [0, 0.1) is 11.3 Å². The smallest absolute Gasteiger partial charge is 0.408 e. The van der Waals surface area contributed by atoms with E-state index in [1.165, 1.54) is 11.0 Å². The molecule has 3 aliphatic rings. The number of amides is 4. The Kier molecular flexibility index (Phi) is 10.6. The Balaban J connectivity index is 1.39. The Labute approximate surface area is 304 Å². The number of alkyl carbamates (subject to hydrolysis) is 1. The summed E-state index contributed by atoms with van der Waals surface area (Å²) in [5.74, 6) is -3.47. The lowest BCUT2D eigenvalue weighted by Gasteiger charge is -2.36. The molecule has 3 fully saturated rings. The van der Waals surface area contributed by atoms with Crippen LogP contribution < -0.4 is 15.4 Å². The highest BCUT2D eigenvalue weighted by atomic mass is 32.2. The third kappa shape index (κ3) is 8.83. The summed E-state index contributed by atoms with van der Waals surface area (Å²) in [5.41, 5.74) is -1.16. The highest BCUT2D eigenvalue weighted by Crippen LogP contribution is 2.45. The zero-order chi connectivity index (χ0) is 38.2. The maximum Gasteiger partial charge on any atom is 0.408 e. The number of rotatable bonds is 11. The fourth-order valence-corrected chi connectivity index (χ4v) is 7.65. The number of ether oxygens (including phenoxy) is 2. The number of carbonyl (C=O) groups excluding carboxylic acids is 5. The van der Waals surface area contributed by atoms with Gasteiger partial charge in [0.15, 0.2) is 0 Å². The van der Waals surface area contributed by atoms with Crippen LogP contribution in [0.2, 0.25) is 0 Å². The molecule has 5 rings (SSSR count). The topological polar surface area (TPSA) is 177 Å². The molecule has 1 heterocycles. The molecular formula is C38H48N4O9S. The molecule has 13 nitrogen and oxygen atoms in total. The third-order valence-corrected chi connectivity index (χ3v) is 11.2. The highest BCUT2D eigenvalue weighted by Gasteiger charge is 2.62.